The second-order valence-corrected chi connectivity index (χ2v) is 5.21. The Kier molecular flexibility index (Phi) is 3.50. The molecule has 6 heteroatoms. The monoisotopic (exact) mass is 295 g/mol. The number of nitrogens with one attached hydrogen (secondary N) is 2. The zero-order valence-electron chi connectivity index (χ0n) is 12.7. The first-order valence-electron chi connectivity index (χ1n) is 6.98. The number of carbonyl (C=O) groups is 1. The van der Waals surface area contributed by atoms with Gasteiger partial charge >= 0.3 is 0 Å². The zero-order chi connectivity index (χ0) is 15.7. The maximum Gasteiger partial charge on any atom is 0.273 e. The number of anilines is 1. The van der Waals surface area contributed by atoms with Gasteiger partial charge in [-0.2, -0.15) is 5.10 Å². The normalized spacial score (nSPS) is 10.7. The average Bonchev–Trinajstić information content (AvgIpc) is 3.07. The number of rotatable bonds is 3. The number of aromatic amines is 1. The molecule has 0 fully saturated rings. The van der Waals surface area contributed by atoms with E-state index in [2.05, 4.69) is 20.5 Å². The molecule has 0 aliphatic rings. The summed E-state index contributed by atoms with van der Waals surface area (Å²) in [6, 6.07) is 7.63. The van der Waals surface area contributed by atoms with Crippen molar-refractivity contribution in [2.75, 3.05) is 5.32 Å². The molecule has 0 aliphatic carbocycles. The molecule has 2 N–H and O–H groups in total. The highest BCUT2D eigenvalue weighted by atomic mass is 16.1. The van der Waals surface area contributed by atoms with Gasteiger partial charge in [0.15, 0.2) is 0 Å². The minimum Gasteiger partial charge on any atom is -0.321 e. The van der Waals surface area contributed by atoms with E-state index in [-0.39, 0.29) is 5.91 Å². The van der Waals surface area contributed by atoms with Crippen LogP contribution in [0.2, 0.25) is 0 Å². The zero-order valence-corrected chi connectivity index (χ0v) is 12.7. The van der Waals surface area contributed by atoms with Gasteiger partial charge < -0.3 is 9.88 Å². The summed E-state index contributed by atoms with van der Waals surface area (Å²) in [5, 5.41) is 9.40. The molecule has 2 heterocycles. The highest BCUT2D eigenvalue weighted by molar-refractivity contribution is 6.03. The fourth-order valence-electron chi connectivity index (χ4n) is 2.23. The van der Waals surface area contributed by atoms with Crippen molar-refractivity contribution < 1.29 is 4.79 Å². The molecule has 0 saturated carbocycles. The highest BCUT2D eigenvalue weighted by Gasteiger charge is 2.11. The number of carbonyl (C=O) groups excluding carboxylic acids is 1. The smallest absolute Gasteiger partial charge is 0.273 e. The third-order valence-electron chi connectivity index (χ3n) is 3.71. The molecule has 1 aromatic carbocycles. The van der Waals surface area contributed by atoms with Crippen molar-refractivity contribution in [1.82, 2.24) is 19.7 Å². The van der Waals surface area contributed by atoms with E-state index in [1.54, 1.807) is 12.5 Å². The molecule has 2 aromatic heterocycles. The van der Waals surface area contributed by atoms with Gasteiger partial charge in [0.25, 0.3) is 5.91 Å². The number of hydrogen-bond acceptors (Lipinski definition) is 3. The maximum atomic E-state index is 12.1. The fourth-order valence-corrected chi connectivity index (χ4v) is 2.23. The Morgan fingerprint density at radius 3 is 2.45 bits per heavy atom. The van der Waals surface area contributed by atoms with E-state index < -0.39 is 0 Å². The molecule has 22 heavy (non-hydrogen) atoms. The van der Waals surface area contributed by atoms with E-state index in [1.807, 2.05) is 49.6 Å². The molecule has 1 amide bonds. The summed E-state index contributed by atoms with van der Waals surface area (Å²) in [5.41, 5.74) is 5.15. The Balaban J connectivity index is 1.79. The molecule has 0 unspecified atom stereocenters. The van der Waals surface area contributed by atoms with Gasteiger partial charge in [0.05, 0.1) is 18.2 Å². The Morgan fingerprint density at radius 1 is 1.18 bits per heavy atom. The van der Waals surface area contributed by atoms with Crippen LogP contribution >= 0.6 is 0 Å². The molecule has 0 radical (unpaired) electrons. The van der Waals surface area contributed by atoms with Gasteiger partial charge in [-0.1, -0.05) is 0 Å². The predicted molar refractivity (Wildman–Crippen MR) is 84.3 cm³/mol. The van der Waals surface area contributed by atoms with E-state index in [9.17, 15) is 4.79 Å². The fraction of sp³-hybridized carbons (Fsp3) is 0.188. The van der Waals surface area contributed by atoms with E-state index in [0.29, 0.717) is 5.69 Å². The van der Waals surface area contributed by atoms with E-state index in [0.717, 1.165) is 28.3 Å². The number of imidazole rings is 1. The lowest BCUT2D eigenvalue weighted by Crippen LogP contribution is -2.13. The summed E-state index contributed by atoms with van der Waals surface area (Å²) in [7, 11) is 0. The standard InChI is InChI=1S/C16H17N5O/c1-10-8-18-20-15(10)16(22)19-13-4-6-14(7-5-13)21-9-17-11(2)12(21)3/h4-9H,1-3H3,(H,18,20)(H,19,22). The van der Waals surface area contributed by atoms with Gasteiger partial charge in [-0.15, -0.1) is 0 Å². The summed E-state index contributed by atoms with van der Waals surface area (Å²) in [5.74, 6) is -0.197. The van der Waals surface area contributed by atoms with E-state index in [1.165, 1.54) is 0 Å². The van der Waals surface area contributed by atoms with Crippen molar-refractivity contribution >= 4 is 11.6 Å². The van der Waals surface area contributed by atoms with Crippen LogP contribution in [-0.2, 0) is 0 Å². The van der Waals surface area contributed by atoms with Gasteiger partial charge in [0, 0.05) is 17.1 Å². The van der Waals surface area contributed by atoms with E-state index in [4.69, 9.17) is 0 Å². The van der Waals surface area contributed by atoms with Gasteiger partial charge in [-0.3, -0.25) is 9.89 Å². The van der Waals surface area contributed by atoms with Crippen molar-refractivity contribution in [3.8, 4) is 5.69 Å². The van der Waals surface area contributed by atoms with Crippen LogP contribution in [0, 0.1) is 20.8 Å². The van der Waals surface area contributed by atoms with Crippen LogP contribution in [0.5, 0.6) is 0 Å². The first kappa shape index (κ1) is 14.1. The van der Waals surface area contributed by atoms with Gasteiger partial charge in [0.1, 0.15) is 5.69 Å². The number of nitrogens with zero attached hydrogens (tertiary/aromatic N) is 3. The number of H-pyrrole nitrogens is 1. The van der Waals surface area contributed by atoms with Crippen molar-refractivity contribution in [3.05, 3.63) is 59.4 Å². The predicted octanol–water partition coefficient (Wildman–Crippen LogP) is 2.77. The van der Waals surface area contributed by atoms with Crippen LogP contribution in [0.1, 0.15) is 27.4 Å². The molecule has 112 valence electrons. The molecule has 3 rings (SSSR count). The van der Waals surface area contributed by atoms with Crippen LogP contribution < -0.4 is 5.32 Å². The molecule has 0 aliphatic heterocycles. The second kappa shape index (κ2) is 5.48. The van der Waals surface area contributed by atoms with Crippen LogP contribution in [0.15, 0.2) is 36.8 Å². The van der Waals surface area contributed by atoms with Crippen molar-refractivity contribution in [1.29, 1.82) is 0 Å². The van der Waals surface area contributed by atoms with Gasteiger partial charge in [-0.05, 0) is 50.6 Å². The van der Waals surface area contributed by atoms with Crippen LogP contribution in [0.3, 0.4) is 0 Å². The van der Waals surface area contributed by atoms with Crippen molar-refractivity contribution in [2.45, 2.75) is 20.8 Å². The SMILES string of the molecule is Cc1cn[nH]c1C(=O)Nc1ccc(-n2cnc(C)c2C)cc1. The second-order valence-electron chi connectivity index (χ2n) is 5.21. The molecular weight excluding hydrogens is 278 g/mol. The third kappa shape index (κ3) is 2.50. The summed E-state index contributed by atoms with van der Waals surface area (Å²) < 4.78 is 2.01. The molecular formula is C16H17N5O. The average molecular weight is 295 g/mol. The van der Waals surface area contributed by atoms with Crippen LogP contribution in [0.25, 0.3) is 5.69 Å². The number of aryl methyl sites for hydroxylation is 2. The molecule has 6 nitrogen and oxygen atoms in total. The van der Waals surface area contributed by atoms with Gasteiger partial charge in [0.2, 0.25) is 0 Å². The molecule has 3 aromatic rings. The molecule has 0 bridgehead atoms. The highest BCUT2D eigenvalue weighted by Crippen LogP contribution is 2.17. The summed E-state index contributed by atoms with van der Waals surface area (Å²) >= 11 is 0. The third-order valence-corrected chi connectivity index (χ3v) is 3.71. The Labute approximate surface area is 128 Å². The minimum atomic E-state index is -0.197. The number of hydrogen-bond donors (Lipinski definition) is 2. The lowest BCUT2D eigenvalue weighted by atomic mass is 10.2. The number of aromatic nitrogens is 4. The quantitative estimate of drug-likeness (QED) is 0.780. The summed E-state index contributed by atoms with van der Waals surface area (Å²) in [6.07, 6.45) is 3.42. The van der Waals surface area contributed by atoms with E-state index >= 15 is 0 Å². The Bertz CT molecular complexity index is 813. The number of amides is 1. The maximum absolute atomic E-state index is 12.1. The summed E-state index contributed by atoms with van der Waals surface area (Å²) in [6.45, 7) is 5.85. The summed E-state index contributed by atoms with van der Waals surface area (Å²) in [4.78, 5) is 16.4. The first-order chi connectivity index (χ1) is 10.6. The molecule has 0 atom stereocenters. The Hall–Kier alpha value is -2.89. The lowest BCUT2D eigenvalue weighted by Gasteiger charge is -2.08. The largest absolute Gasteiger partial charge is 0.321 e. The lowest BCUT2D eigenvalue weighted by molar-refractivity contribution is 0.102. The van der Waals surface area contributed by atoms with Crippen LogP contribution in [0.4, 0.5) is 5.69 Å². The van der Waals surface area contributed by atoms with Gasteiger partial charge in [-0.25, -0.2) is 4.98 Å². The topological polar surface area (TPSA) is 75.6 Å². The van der Waals surface area contributed by atoms with Crippen LogP contribution in [-0.4, -0.2) is 25.7 Å². The molecule has 0 spiro atoms. The Morgan fingerprint density at radius 2 is 1.91 bits per heavy atom. The first-order valence-corrected chi connectivity index (χ1v) is 6.98. The minimum absolute atomic E-state index is 0.197. The van der Waals surface area contributed by atoms with Crippen molar-refractivity contribution in [3.63, 3.8) is 0 Å². The molecule has 0 saturated heterocycles. The number of benzene rings is 1. The van der Waals surface area contributed by atoms with Crippen molar-refractivity contribution in [2.24, 2.45) is 0 Å².